The van der Waals surface area contributed by atoms with Crippen molar-refractivity contribution in [2.75, 3.05) is 20.3 Å². The zero-order chi connectivity index (χ0) is 22.5. The van der Waals surface area contributed by atoms with Crippen LogP contribution < -0.4 is 15.8 Å². The molecule has 2 aromatic rings. The first-order valence-corrected chi connectivity index (χ1v) is 11.1. The van der Waals surface area contributed by atoms with Crippen LogP contribution in [0.5, 0.6) is 5.88 Å². The van der Waals surface area contributed by atoms with Crippen LogP contribution in [0, 0.1) is 5.92 Å². The van der Waals surface area contributed by atoms with Gasteiger partial charge in [0.1, 0.15) is 24.7 Å². The van der Waals surface area contributed by atoms with Crippen LogP contribution in [0.2, 0.25) is 0 Å². The molecule has 1 fully saturated rings. The molecule has 1 amide bonds. The Kier molecular flexibility index (Phi) is 4.56. The standard InChI is InChI=1S/C24H24N6O3/c1-32-20-10-26-18-8-14(4-5-17(18)28-20)24-27-9-16-19(29-21(23(25)31)13-2-3-13)12-33-11-15-6-7-30(24)22(15)16/h4-5,8-10,12-13,21,29H,2-3,6-7,11H2,1H3,(H2,25,31). The molecule has 4 heterocycles. The van der Waals surface area contributed by atoms with E-state index in [0.29, 0.717) is 12.5 Å². The highest BCUT2D eigenvalue weighted by Crippen LogP contribution is 2.39. The zero-order valence-corrected chi connectivity index (χ0v) is 18.2. The summed E-state index contributed by atoms with van der Waals surface area (Å²) in [6, 6.07) is 5.53. The van der Waals surface area contributed by atoms with E-state index in [9.17, 15) is 4.79 Å². The van der Waals surface area contributed by atoms with Crippen molar-refractivity contribution in [1.29, 1.82) is 0 Å². The molecule has 6 rings (SSSR count). The molecule has 3 aliphatic heterocycles. The Labute approximate surface area is 190 Å². The van der Waals surface area contributed by atoms with Crippen LogP contribution in [0.3, 0.4) is 0 Å². The average molecular weight is 444 g/mol. The number of methoxy groups -OCH3 is 1. The van der Waals surface area contributed by atoms with E-state index in [1.807, 2.05) is 24.4 Å². The molecule has 33 heavy (non-hydrogen) atoms. The van der Waals surface area contributed by atoms with Crippen molar-refractivity contribution < 1.29 is 14.3 Å². The molecule has 1 aliphatic carbocycles. The minimum Gasteiger partial charge on any atom is -0.495 e. The van der Waals surface area contributed by atoms with Crippen molar-refractivity contribution in [2.45, 2.75) is 25.3 Å². The fourth-order valence-corrected chi connectivity index (χ4v) is 4.69. The Morgan fingerprint density at radius 2 is 2.21 bits per heavy atom. The van der Waals surface area contributed by atoms with Crippen LogP contribution in [-0.4, -0.2) is 52.9 Å². The van der Waals surface area contributed by atoms with Crippen LogP contribution >= 0.6 is 0 Å². The Morgan fingerprint density at radius 1 is 1.33 bits per heavy atom. The smallest absolute Gasteiger partial charge is 0.240 e. The van der Waals surface area contributed by atoms with Gasteiger partial charge in [-0.25, -0.2) is 15.0 Å². The molecular weight excluding hydrogens is 420 g/mol. The molecule has 4 aliphatic rings. The van der Waals surface area contributed by atoms with Gasteiger partial charge in [0.25, 0.3) is 0 Å². The van der Waals surface area contributed by atoms with Gasteiger partial charge in [-0.1, -0.05) is 0 Å². The summed E-state index contributed by atoms with van der Waals surface area (Å²) >= 11 is 0. The highest BCUT2D eigenvalue weighted by atomic mass is 16.5. The fourth-order valence-electron chi connectivity index (χ4n) is 4.69. The number of nitrogens with two attached hydrogens (primary N) is 1. The van der Waals surface area contributed by atoms with E-state index in [4.69, 9.17) is 20.2 Å². The van der Waals surface area contributed by atoms with E-state index < -0.39 is 6.04 Å². The molecule has 9 nitrogen and oxygen atoms in total. The topological polar surface area (TPSA) is 115 Å². The third-order valence-corrected chi connectivity index (χ3v) is 6.52. The predicted octanol–water partition coefficient (Wildman–Crippen LogP) is 1.97. The van der Waals surface area contributed by atoms with Crippen molar-refractivity contribution in [1.82, 2.24) is 20.2 Å². The Bertz CT molecular complexity index is 1290. The summed E-state index contributed by atoms with van der Waals surface area (Å²) in [5.41, 5.74) is 12.2. The SMILES string of the molecule is COc1cnc2cc(C3=NC=C4C(NC(C(N)=O)C5CC5)=COCC5=C4N3CC5)ccc2n1. The first-order valence-electron chi connectivity index (χ1n) is 11.1. The Balaban J connectivity index is 1.38. The van der Waals surface area contributed by atoms with E-state index in [0.717, 1.165) is 65.2 Å². The number of hydrogen-bond donors (Lipinski definition) is 2. The molecule has 0 radical (unpaired) electrons. The number of nitrogens with zero attached hydrogens (tertiary/aromatic N) is 4. The third-order valence-electron chi connectivity index (χ3n) is 6.52. The van der Waals surface area contributed by atoms with Gasteiger partial charge in [-0.2, -0.15) is 0 Å². The van der Waals surface area contributed by atoms with Gasteiger partial charge in [0.15, 0.2) is 0 Å². The number of benzene rings is 1. The first-order chi connectivity index (χ1) is 16.1. The molecule has 0 spiro atoms. The molecule has 9 heteroatoms. The number of ether oxygens (including phenoxy) is 2. The van der Waals surface area contributed by atoms with E-state index in [-0.39, 0.29) is 11.8 Å². The monoisotopic (exact) mass is 444 g/mol. The lowest BCUT2D eigenvalue weighted by Crippen LogP contribution is -2.43. The lowest BCUT2D eigenvalue weighted by Gasteiger charge is -2.30. The van der Waals surface area contributed by atoms with E-state index in [1.165, 1.54) is 5.57 Å². The second kappa shape index (κ2) is 7.61. The van der Waals surface area contributed by atoms with Crippen LogP contribution in [0.15, 0.2) is 64.4 Å². The van der Waals surface area contributed by atoms with Crippen molar-refractivity contribution in [3.63, 3.8) is 0 Å². The van der Waals surface area contributed by atoms with Gasteiger partial charge >= 0.3 is 0 Å². The maximum atomic E-state index is 12.0. The molecule has 1 atom stereocenters. The summed E-state index contributed by atoms with van der Waals surface area (Å²) in [5, 5.41) is 3.35. The molecule has 3 N–H and O–H groups in total. The van der Waals surface area contributed by atoms with Gasteiger partial charge in [0.05, 0.1) is 35.7 Å². The van der Waals surface area contributed by atoms with Crippen molar-refractivity contribution in [3.05, 3.63) is 65.0 Å². The molecule has 0 saturated heterocycles. The number of carbonyl (C=O) groups is 1. The number of aromatic nitrogens is 2. The van der Waals surface area contributed by atoms with Crippen LogP contribution in [0.1, 0.15) is 24.8 Å². The number of fused-ring (bicyclic) bond motifs is 1. The van der Waals surface area contributed by atoms with Gasteiger partial charge in [-0.05, 0) is 49.0 Å². The van der Waals surface area contributed by atoms with Crippen molar-refractivity contribution in [3.8, 4) is 5.88 Å². The molecule has 1 aromatic carbocycles. The average Bonchev–Trinajstić information content (AvgIpc) is 3.61. The second-order valence-corrected chi connectivity index (χ2v) is 8.67. The third kappa shape index (κ3) is 3.40. The fraction of sp³-hybridized carbons (Fsp3) is 0.333. The van der Waals surface area contributed by atoms with Crippen LogP contribution in [-0.2, 0) is 9.53 Å². The van der Waals surface area contributed by atoms with E-state index in [2.05, 4.69) is 20.2 Å². The summed E-state index contributed by atoms with van der Waals surface area (Å²) < 4.78 is 11.0. The normalized spacial score (nSPS) is 20.3. The van der Waals surface area contributed by atoms with Gasteiger partial charge in [-0.3, -0.25) is 4.79 Å². The minimum absolute atomic E-state index is 0.278. The van der Waals surface area contributed by atoms with Crippen molar-refractivity contribution in [2.24, 2.45) is 16.6 Å². The highest BCUT2D eigenvalue weighted by Gasteiger charge is 2.39. The number of hydrogen-bond acceptors (Lipinski definition) is 8. The lowest BCUT2D eigenvalue weighted by atomic mass is 10.0. The van der Waals surface area contributed by atoms with Crippen molar-refractivity contribution >= 4 is 22.8 Å². The molecule has 168 valence electrons. The molecular formula is C24H24N6O3. The van der Waals surface area contributed by atoms with Gasteiger partial charge in [0, 0.05) is 23.9 Å². The Morgan fingerprint density at radius 3 is 3.00 bits per heavy atom. The minimum atomic E-state index is -0.404. The largest absolute Gasteiger partial charge is 0.495 e. The van der Waals surface area contributed by atoms with E-state index >= 15 is 0 Å². The Hall–Kier alpha value is -3.88. The van der Waals surface area contributed by atoms with Crippen LogP contribution in [0.4, 0.5) is 0 Å². The summed E-state index contributed by atoms with van der Waals surface area (Å²) in [6.45, 7) is 1.32. The number of primary amides is 1. The first kappa shape index (κ1) is 19.8. The molecule has 0 bridgehead atoms. The number of rotatable bonds is 6. The van der Waals surface area contributed by atoms with Gasteiger partial charge in [0.2, 0.25) is 11.8 Å². The number of amides is 1. The van der Waals surface area contributed by atoms with E-state index in [1.54, 1.807) is 19.6 Å². The summed E-state index contributed by atoms with van der Waals surface area (Å²) in [6.07, 6.45) is 8.07. The predicted molar refractivity (Wildman–Crippen MR) is 122 cm³/mol. The molecule has 1 unspecified atom stereocenters. The van der Waals surface area contributed by atoms with Crippen LogP contribution in [0.25, 0.3) is 11.0 Å². The summed E-state index contributed by atoms with van der Waals surface area (Å²) in [4.78, 5) is 28.0. The van der Waals surface area contributed by atoms with Gasteiger partial charge < -0.3 is 25.4 Å². The molecule has 1 aromatic heterocycles. The number of aliphatic imine (C=N–C) groups is 1. The molecule has 1 saturated carbocycles. The maximum absolute atomic E-state index is 12.0. The number of nitrogens with one attached hydrogen (secondary N) is 1. The zero-order valence-electron chi connectivity index (χ0n) is 18.2. The van der Waals surface area contributed by atoms with Gasteiger partial charge in [-0.15, -0.1) is 0 Å². The number of carbonyl (C=O) groups excluding carboxylic acids is 1. The lowest BCUT2D eigenvalue weighted by molar-refractivity contribution is -0.120. The second-order valence-electron chi connectivity index (χ2n) is 8.67. The maximum Gasteiger partial charge on any atom is 0.240 e. The summed E-state index contributed by atoms with van der Waals surface area (Å²) in [5.74, 6) is 1.28. The highest BCUT2D eigenvalue weighted by molar-refractivity contribution is 6.04. The quantitative estimate of drug-likeness (QED) is 0.700. The number of amidine groups is 1. The summed E-state index contributed by atoms with van der Waals surface area (Å²) in [7, 11) is 1.58.